The van der Waals surface area contributed by atoms with E-state index in [0.717, 1.165) is 36.3 Å². The fourth-order valence-corrected chi connectivity index (χ4v) is 4.26. The van der Waals surface area contributed by atoms with E-state index in [4.69, 9.17) is 4.42 Å². The Balaban J connectivity index is 1.63. The summed E-state index contributed by atoms with van der Waals surface area (Å²) in [6.07, 6.45) is 6.45. The van der Waals surface area contributed by atoms with Gasteiger partial charge in [-0.1, -0.05) is 37.0 Å². The molecule has 1 aromatic heterocycles. The normalized spacial score (nSPS) is 22.0. The van der Waals surface area contributed by atoms with Crippen molar-refractivity contribution in [2.45, 2.75) is 57.0 Å². The van der Waals surface area contributed by atoms with Crippen LogP contribution in [0.3, 0.4) is 0 Å². The zero-order valence-corrected chi connectivity index (χ0v) is 15.0. The number of β-lactam (4-membered cyclic amide) rings is 1. The Labute approximate surface area is 153 Å². The molecule has 2 aliphatic rings. The Morgan fingerprint density at radius 2 is 1.88 bits per heavy atom. The molecule has 1 saturated heterocycles. The molecule has 1 N–H and O–H groups in total. The number of amides is 2. The number of nitrogens with one attached hydrogen (secondary N) is 1. The van der Waals surface area contributed by atoms with E-state index < -0.39 is 5.54 Å². The smallest absolute Gasteiger partial charge is 0.250 e. The first-order chi connectivity index (χ1) is 12.6. The van der Waals surface area contributed by atoms with E-state index in [0.29, 0.717) is 19.3 Å². The fraction of sp³-hybridized carbons (Fsp3) is 0.429. The molecule has 0 spiro atoms. The summed E-state index contributed by atoms with van der Waals surface area (Å²) >= 11 is 0. The van der Waals surface area contributed by atoms with Gasteiger partial charge in [-0.25, -0.2) is 0 Å². The molecule has 1 aliphatic heterocycles. The van der Waals surface area contributed by atoms with Crippen molar-refractivity contribution in [2.75, 3.05) is 5.32 Å². The number of nitrogens with zero attached hydrogens (tertiary/aromatic N) is 1. The molecular weight excluding hydrogens is 328 g/mol. The first-order valence-electron chi connectivity index (χ1n) is 9.34. The van der Waals surface area contributed by atoms with Gasteiger partial charge >= 0.3 is 0 Å². The molecule has 0 radical (unpaired) electrons. The Bertz CT molecular complexity index is 789. The second-order valence-corrected chi connectivity index (χ2v) is 7.41. The molecule has 5 heteroatoms. The van der Waals surface area contributed by atoms with Crippen LogP contribution in [-0.2, 0) is 9.59 Å². The van der Waals surface area contributed by atoms with Crippen molar-refractivity contribution in [1.82, 2.24) is 4.90 Å². The van der Waals surface area contributed by atoms with Crippen LogP contribution in [0, 0.1) is 6.92 Å². The van der Waals surface area contributed by atoms with Crippen LogP contribution in [0.2, 0.25) is 0 Å². The maximum Gasteiger partial charge on any atom is 0.250 e. The number of anilines is 1. The quantitative estimate of drug-likeness (QED) is 0.839. The molecule has 5 nitrogen and oxygen atoms in total. The highest BCUT2D eigenvalue weighted by atomic mass is 16.3. The van der Waals surface area contributed by atoms with Gasteiger partial charge < -0.3 is 14.6 Å². The number of hydrogen-bond acceptors (Lipinski definition) is 3. The average Bonchev–Trinajstić information content (AvgIpc) is 3.16. The van der Waals surface area contributed by atoms with Gasteiger partial charge in [-0.15, -0.1) is 0 Å². The van der Waals surface area contributed by atoms with Crippen LogP contribution in [0.25, 0.3) is 0 Å². The van der Waals surface area contributed by atoms with E-state index in [1.54, 1.807) is 11.2 Å². The summed E-state index contributed by atoms with van der Waals surface area (Å²) in [5.74, 6) is 0.718. The molecule has 1 aromatic carbocycles. The van der Waals surface area contributed by atoms with E-state index in [9.17, 15) is 9.59 Å². The number of carbonyl (C=O) groups excluding carboxylic acids is 2. The highest BCUT2D eigenvalue weighted by molar-refractivity contribution is 6.02. The molecule has 1 aliphatic carbocycles. The second kappa shape index (κ2) is 6.63. The molecule has 0 bridgehead atoms. The van der Waals surface area contributed by atoms with Gasteiger partial charge in [0.2, 0.25) is 11.8 Å². The van der Waals surface area contributed by atoms with E-state index in [1.807, 2.05) is 43.3 Å². The van der Waals surface area contributed by atoms with Crippen LogP contribution in [0.15, 0.2) is 47.1 Å². The summed E-state index contributed by atoms with van der Waals surface area (Å²) < 4.78 is 5.54. The fourth-order valence-electron chi connectivity index (χ4n) is 4.26. The van der Waals surface area contributed by atoms with Crippen LogP contribution < -0.4 is 5.32 Å². The van der Waals surface area contributed by atoms with Crippen LogP contribution in [-0.4, -0.2) is 22.3 Å². The number of aryl methyl sites for hydroxylation is 1. The second-order valence-electron chi connectivity index (χ2n) is 7.41. The van der Waals surface area contributed by atoms with Crippen molar-refractivity contribution in [2.24, 2.45) is 0 Å². The summed E-state index contributed by atoms with van der Waals surface area (Å²) in [6, 6.07) is 11.3. The third-order valence-corrected chi connectivity index (χ3v) is 5.69. The summed E-state index contributed by atoms with van der Waals surface area (Å²) in [7, 11) is 0. The minimum absolute atomic E-state index is 0.0346. The highest BCUT2D eigenvalue weighted by Gasteiger charge is 2.55. The van der Waals surface area contributed by atoms with Gasteiger partial charge in [0.15, 0.2) is 0 Å². The maximum absolute atomic E-state index is 13.3. The van der Waals surface area contributed by atoms with Crippen molar-refractivity contribution >= 4 is 17.5 Å². The minimum atomic E-state index is -0.782. The Kier molecular flexibility index (Phi) is 4.31. The number of benzene rings is 1. The summed E-state index contributed by atoms with van der Waals surface area (Å²) in [6.45, 7) is 2.01. The lowest BCUT2D eigenvalue weighted by atomic mass is 9.75. The van der Waals surface area contributed by atoms with Crippen LogP contribution in [0.5, 0.6) is 0 Å². The van der Waals surface area contributed by atoms with Crippen molar-refractivity contribution in [3.8, 4) is 0 Å². The minimum Gasteiger partial charge on any atom is -0.467 e. The van der Waals surface area contributed by atoms with E-state index in [2.05, 4.69) is 5.32 Å². The molecule has 26 heavy (non-hydrogen) atoms. The number of likely N-dealkylation sites (tertiary alicyclic amines) is 1. The molecule has 2 amide bonds. The number of carbonyl (C=O) groups is 2. The van der Waals surface area contributed by atoms with Gasteiger partial charge in [0.05, 0.1) is 18.7 Å². The van der Waals surface area contributed by atoms with Crippen molar-refractivity contribution in [1.29, 1.82) is 0 Å². The molecule has 1 saturated carbocycles. The van der Waals surface area contributed by atoms with Crippen LogP contribution >= 0.6 is 0 Å². The van der Waals surface area contributed by atoms with Gasteiger partial charge in [-0.2, -0.15) is 0 Å². The largest absolute Gasteiger partial charge is 0.467 e. The summed E-state index contributed by atoms with van der Waals surface area (Å²) in [5, 5.41) is 3.05. The van der Waals surface area contributed by atoms with Gasteiger partial charge in [-0.3, -0.25) is 9.59 Å². The highest BCUT2D eigenvalue weighted by Crippen LogP contribution is 2.46. The molecule has 4 rings (SSSR count). The van der Waals surface area contributed by atoms with Crippen molar-refractivity contribution in [3.05, 3.63) is 54.0 Å². The lowest BCUT2D eigenvalue weighted by molar-refractivity contribution is -0.167. The topological polar surface area (TPSA) is 62.6 Å². The van der Waals surface area contributed by atoms with Gasteiger partial charge in [0.1, 0.15) is 11.3 Å². The van der Waals surface area contributed by atoms with Crippen LogP contribution in [0.4, 0.5) is 5.69 Å². The molecule has 1 unspecified atom stereocenters. The van der Waals surface area contributed by atoms with E-state index in [-0.39, 0.29) is 17.9 Å². The van der Waals surface area contributed by atoms with Gasteiger partial charge in [-0.05, 0) is 44.0 Å². The van der Waals surface area contributed by atoms with Gasteiger partial charge in [0.25, 0.3) is 0 Å². The SMILES string of the molecule is Cc1ccc(NC(=O)C2(N3C(=O)CC3c3ccco3)CCCCC2)cc1. The number of rotatable bonds is 4. The molecule has 2 heterocycles. The number of hydrogen-bond donors (Lipinski definition) is 1. The standard InChI is InChI=1S/C21H24N2O3/c1-15-7-9-16(10-8-15)22-20(25)21(11-3-2-4-12-21)23-17(14-19(23)24)18-6-5-13-26-18/h5-10,13,17H,2-4,11-12,14H2,1H3,(H,22,25). The molecule has 2 fully saturated rings. The molecular formula is C21H24N2O3. The van der Waals surface area contributed by atoms with Crippen molar-refractivity contribution in [3.63, 3.8) is 0 Å². The first kappa shape index (κ1) is 16.9. The predicted molar refractivity (Wildman–Crippen MR) is 98.5 cm³/mol. The van der Waals surface area contributed by atoms with Crippen molar-refractivity contribution < 1.29 is 14.0 Å². The third-order valence-electron chi connectivity index (χ3n) is 5.69. The third kappa shape index (κ3) is 2.81. The Hall–Kier alpha value is -2.56. The Morgan fingerprint density at radius 3 is 2.50 bits per heavy atom. The molecule has 136 valence electrons. The zero-order chi connectivity index (χ0) is 18.1. The lowest BCUT2D eigenvalue weighted by Crippen LogP contribution is -2.65. The first-order valence-corrected chi connectivity index (χ1v) is 9.34. The zero-order valence-electron chi connectivity index (χ0n) is 15.0. The number of furan rings is 1. The van der Waals surface area contributed by atoms with Gasteiger partial charge in [0, 0.05) is 5.69 Å². The predicted octanol–water partition coefficient (Wildman–Crippen LogP) is 4.20. The van der Waals surface area contributed by atoms with Crippen LogP contribution in [0.1, 0.15) is 55.9 Å². The monoisotopic (exact) mass is 352 g/mol. The lowest BCUT2D eigenvalue weighted by Gasteiger charge is -2.53. The maximum atomic E-state index is 13.3. The average molecular weight is 352 g/mol. The molecule has 2 aromatic rings. The van der Waals surface area contributed by atoms with E-state index >= 15 is 0 Å². The molecule has 1 atom stereocenters. The Morgan fingerprint density at radius 1 is 1.15 bits per heavy atom. The van der Waals surface area contributed by atoms with E-state index in [1.165, 1.54) is 0 Å². The summed E-state index contributed by atoms with van der Waals surface area (Å²) in [5.41, 5.74) is 1.13. The summed E-state index contributed by atoms with van der Waals surface area (Å²) in [4.78, 5) is 27.7.